The van der Waals surface area contributed by atoms with Gasteiger partial charge in [-0.25, -0.2) is 0 Å². The van der Waals surface area contributed by atoms with Gasteiger partial charge in [-0.1, -0.05) is 19.3 Å². The topological polar surface area (TPSA) is 52.9 Å². The first-order chi connectivity index (χ1) is 10.1. The maximum atomic E-state index is 10.7. The average molecular weight is 297 g/mol. The van der Waals surface area contributed by atoms with E-state index < -0.39 is 5.60 Å². The Labute approximate surface area is 128 Å². The monoisotopic (exact) mass is 297 g/mol. The smallest absolute Gasteiger partial charge is 0.0774 e. The van der Waals surface area contributed by atoms with Crippen LogP contribution < -0.4 is 0 Å². The van der Waals surface area contributed by atoms with E-state index in [1.807, 2.05) is 6.92 Å². The number of β-amino-alcohol motifs (C(OH)–C–C–N with tert-alkyl or cyclic N) is 1. The molecule has 2 saturated carbocycles. The number of likely N-dealkylation sites (tertiary alicyclic amines) is 1. The molecule has 1 aliphatic heterocycles. The van der Waals surface area contributed by atoms with Crippen LogP contribution in [0.1, 0.15) is 58.3 Å². The zero-order chi connectivity index (χ0) is 14.9. The van der Waals surface area contributed by atoms with Crippen molar-refractivity contribution in [2.75, 3.05) is 26.2 Å². The predicted octanol–water partition coefficient (Wildman–Crippen LogP) is 1.93. The minimum absolute atomic E-state index is 0.00168. The summed E-state index contributed by atoms with van der Waals surface area (Å²) < 4.78 is 5.82. The Balaban J connectivity index is 1.53. The molecule has 0 radical (unpaired) electrons. The number of nitrogens with zero attached hydrogens (tertiary/aromatic N) is 1. The van der Waals surface area contributed by atoms with E-state index in [-0.39, 0.29) is 17.6 Å². The number of piperidine rings is 1. The highest BCUT2D eigenvalue weighted by Gasteiger charge is 2.56. The summed E-state index contributed by atoms with van der Waals surface area (Å²) in [5, 5.41) is 20.9. The molecule has 0 amide bonds. The first kappa shape index (κ1) is 15.7. The van der Waals surface area contributed by atoms with Crippen LogP contribution in [0.15, 0.2) is 0 Å². The van der Waals surface area contributed by atoms with Crippen molar-refractivity contribution in [3.05, 3.63) is 0 Å². The lowest BCUT2D eigenvalue weighted by molar-refractivity contribution is -0.211. The largest absolute Gasteiger partial charge is 0.392 e. The van der Waals surface area contributed by atoms with Crippen molar-refractivity contribution in [1.82, 2.24) is 4.90 Å². The quantitative estimate of drug-likeness (QED) is 0.832. The Morgan fingerprint density at radius 2 is 1.76 bits per heavy atom. The van der Waals surface area contributed by atoms with Gasteiger partial charge in [-0.05, 0) is 45.7 Å². The molecule has 1 spiro atoms. The van der Waals surface area contributed by atoms with Crippen LogP contribution in [0.4, 0.5) is 0 Å². The summed E-state index contributed by atoms with van der Waals surface area (Å²) in [6, 6.07) is 0. The molecule has 2 N–H and O–H groups in total. The van der Waals surface area contributed by atoms with Gasteiger partial charge in [0.15, 0.2) is 0 Å². The van der Waals surface area contributed by atoms with Crippen molar-refractivity contribution in [3.63, 3.8) is 0 Å². The molecule has 2 unspecified atom stereocenters. The lowest BCUT2D eigenvalue weighted by atomic mass is 9.58. The van der Waals surface area contributed by atoms with Crippen LogP contribution in [0, 0.1) is 5.41 Å². The van der Waals surface area contributed by atoms with E-state index in [1.54, 1.807) is 0 Å². The van der Waals surface area contributed by atoms with Crippen LogP contribution in [0.3, 0.4) is 0 Å². The lowest BCUT2D eigenvalue weighted by Gasteiger charge is -2.57. The van der Waals surface area contributed by atoms with Crippen molar-refractivity contribution >= 4 is 0 Å². The Bertz CT molecular complexity index is 344. The number of hydrogen-bond acceptors (Lipinski definition) is 4. The third-order valence-corrected chi connectivity index (χ3v) is 6.20. The highest BCUT2D eigenvalue weighted by Crippen LogP contribution is 2.51. The zero-order valence-electron chi connectivity index (χ0n) is 13.4. The van der Waals surface area contributed by atoms with E-state index in [1.165, 1.54) is 19.3 Å². The number of hydrogen-bond donors (Lipinski definition) is 2. The molecule has 3 aliphatic rings. The van der Waals surface area contributed by atoms with Gasteiger partial charge >= 0.3 is 0 Å². The van der Waals surface area contributed by atoms with Gasteiger partial charge in [0.25, 0.3) is 0 Å². The summed E-state index contributed by atoms with van der Waals surface area (Å²) in [5.74, 6) is 0. The maximum absolute atomic E-state index is 10.7. The van der Waals surface area contributed by atoms with E-state index in [2.05, 4.69) is 4.90 Å². The molecule has 2 atom stereocenters. The molecule has 4 nitrogen and oxygen atoms in total. The van der Waals surface area contributed by atoms with Crippen molar-refractivity contribution < 1.29 is 14.9 Å². The number of rotatable bonds is 4. The molecule has 21 heavy (non-hydrogen) atoms. The lowest BCUT2D eigenvalue weighted by Crippen LogP contribution is -2.63. The SMILES string of the molecule is CCOC1CC(O)C12CCN(CC1(O)CCCCC1)CC2. The summed E-state index contributed by atoms with van der Waals surface area (Å²) in [4.78, 5) is 2.41. The van der Waals surface area contributed by atoms with Crippen molar-refractivity contribution in [1.29, 1.82) is 0 Å². The minimum atomic E-state index is -0.458. The van der Waals surface area contributed by atoms with Gasteiger partial charge in [0, 0.05) is 25.0 Å². The first-order valence-corrected chi connectivity index (χ1v) is 8.82. The van der Waals surface area contributed by atoms with Gasteiger partial charge in [-0.3, -0.25) is 0 Å². The molecule has 3 rings (SSSR count). The maximum Gasteiger partial charge on any atom is 0.0774 e. The van der Waals surface area contributed by atoms with Crippen molar-refractivity contribution in [3.8, 4) is 0 Å². The normalized spacial score (nSPS) is 35.6. The third-order valence-electron chi connectivity index (χ3n) is 6.20. The van der Waals surface area contributed by atoms with Gasteiger partial charge in [0.2, 0.25) is 0 Å². The molecule has 0 aromatic rings. The Hall–Kier alpha value is -0.160. The molecular formula is C17H31NO3. The van der Waals surface area contributed by atoms with Crippen molar-refractivity contribution in [2.45, 2.75) is 76.1 Å². The zero-order valence-corrected chi connectivity index (χ0v) is 13.4. The summed E-state index contributed by atoms with van der Waals surface area (Å²) in [6.45, 7) is 5.57. The highest BCUT2D eigenvalue weighted by molar-refractivity contribution is 5.07. The third kappa shape index (κ3) is 3.00. The second-order valence-electron chi connectivity index (χ2n) is 7.49. The average Bonchev–Trinajstić information content (AvgIpc) is 2.48. The van der Waals surface area contributed by atoms with Crippen LogP contribution in [-0.4, -0.2) is 59.2 Å². The predicted molar refractivity (Wildman–Crippen MR) is 82.2 cm³/mol. The molecule has 0 aromatic heterocycles. The van der Waals surface area contributed by atoms with E-state index in [9.17, 15) is 10.2 Å². The summed E-state index contributed by atoms with van der Waals surface area (Å²) in [5.41, 5.74) is -0.456. The standard InChI is InChI=1S/C17H31NO3/c1-2-21-15-12-14(19)17(15)8-10-18(11-9-17)13-16(20)6-4-3-5-7-16/h14-15,19-20H,2-13H2,1H3. The molecule has 4 heteroatoms. The van der Waals surface area contributed by atoms with Crippen LogP contribution in [-0.2, 0) is 4.74 Å². The van der Waals surface area contributed by atoms with Gasteiger partial charge in [0.1, 0.15) is 0 Å². The molecule has 3 fully saturated rings. The second kappa shape index (κ2) is 6.15. The number of aliphatic hydroxyl groups is 2. The second-order valence-corrected chi connectivity index (χ2v) is 7.49. The van der Waals surface area contributed by atoms with Crippen LogP contribution in [0.25, 0.3) is 0 Å². The Morgan fingerprint density at radius 1 is 1.10 bits per heavy atom. The van der Waals surface area contributed by atoms with Crippen LogP contribution >= 0.6 is 0 Å². The summed E-state index contributed by atoms with van der Waals surface area (Å²) in [7, 11) is 0. The van der Waals surface area contributed by atoms with Crippen LogP contribution in [0.2, 0.25) is 0 Å². The van der Waals surface area contributed by atoms with E-state index in [4.69, 9.17) is 4.74 Å². The van der Waals surface area contributed by atoms with E-state index in [0.717, 1.165) is 58.3 Å². The first-order valence-electron chi connectivity index (χ1n) is 8.82. The van der Waals surface area contributed by atoms with Crippen molar-refractivity contribution in [2.24, 2.45) is 5.41 Å². The molecule has 122 valence electrons. The number of ether oxygens (including phenoxy) is 1. The van der Waals surface area contributed by atoms with E-state index in [0.29, 0.717) is 0 Å². The van der Waals surface area contributed by atoms with Gasteiger partial charge in [-0.2, -0.15) is 0 Å². The molecule has 1 heterocycles. The van der Waals surface area contributed by atoms with Gasteiger partial charge in [0.05, 0.1) is 17.8 Å². The highest BCUT2D eigenvalue weighted by atomic mass is 16.5. The summed E-state index contributed by atoms with van der Waals surface area (Å²) in [6.07, 6.45) is 8.40. The molecule has 0 aromatic carbocycles. The fourth-order valence-corrected chi connectivity index (χ4v) is 4.73. The fraction of sp³-hybridized carbons (Fsp3) is 1.00. The van der Waals surface area contributed by atoms with Crippen LogP contribution in [0.5, 0.6) is 0 Å². The van der Waals surface area contributed by atoms with E-state index >= 15 is 0 Å². The molecule has 1 saturated heterocycles. The molecule has 2 aliphatic carbocycles. The Morgan fingerprint density at radius 3 is 2.33 bits per heavy atom. The fourth-order valence-electron chi connectivity index (χ4n) is 4.73. The van der Waals surface area contributed by atoms with Gasteiger partial charge in [-0.15, -0.1) is 0 Å². The molecular weight excluding hydrogens is 266 g/mol. The minimum Gasteiger partial charge on any atom is -0.392 e. The summed E-state index contributed by atoms with van der Waals surface area (Å²) >= 11 is 0. The van der Waals surface area contributed by atoms with Gasteiger partial charge < -0.3 is 19.8 Å². The molecule has 0 bridgehead atoms. The Kier molecular flexibility index (Phi) is 4.60. The number of aliphatic hydroxyl groups excluding tert-OH is 1.